The molecular weight excluding hydrogens is 414 g/mol. The van der Waals surface area contributed by atoms with Crippen molar-refractivity contribution in [2.45, 2.75) is 25.2 Å². The maximum absolute atomic E-state index is 13.1. The quantitative estimate of drug-likeness (QED) is 0.686. The van der Waals surface area contributed by atoms with Gasteiger partial charge < -0.3 is 14.8 Å². The Morgan fingerprint density at radius 2 is 1.55 bits per heavy atom. The molecule has 0 amide bonds. The Morgan fingerprint density at radius 3 is 2.19 bits per heavy atom. The first-order valence-electron chi connectivity index (χ1n) is 10.1. The van der Waals surface area contributed by atoms with Gasteiger partial charge in [-0.15, -0.1) is 0 Å². The van der Waals surface area contributed by atoms with Gasteiger partial charge in [0.1, 0.15) is 0 Å². The molecule has 0 saturated heterocycles. The summed E-state index contributed by atoms with van der Waals surface area (Å²) in [6, 6.07) is 17.4. The second-order valence-corrected chi connectivity index (χ2v) is 8.26. The summed E-state index contributed by atoms with van der Waals surface area (Å²) >= 11 is 6.26. The molecular formula is C25H24ClNO4. The van der Waals surface area contributed by atoms with Crippen LogP contribution in [0.15, 0.2) is 77.1 Å². The van der Waals surface area contributed by atoms with Gasteiger partial charge in [0, 0.05) is 22.3 Å². The van der Waals surface area contributed by atoms with E-state index >= 15 is 0 Å². The number of halogens is 1. The van der Waals surface area contributed by atoms with Crippen LogP contribution in [-0.2, 0) is 19.1 Å². The van der Waals surface area contributed by atoms with Crippen molar-refractivity contribution in [2.24, 2.45) is 5.92 Å². The van der Waals surface area contributed by atoms with Crippen molar-refractivity contribution >= 4 is 23.5 Å². The zero-order valence-electron chi connectivity index (χ0n) is 17.6. The number of esters is 2. The van der Waals surface area contributed by atoms with Crippen LogP contribution in [0.1, 0.15) is 36.3 Å². The molecule has 1 saturated carbocycles. The molecule has 0 bridgehead atoms. The molecule has 3 atom stereocenters. The summed E-state index contributed by atoms with van der Waals surface area (Å²) in [5.74, 6) is -1.17. The van der Waals surface area contributed by atoms with Gasteiger partial charge >= 0.3 is 11.9 Å². The third-order valence-electron chi connectivity index (χ3n) is 5.98. The summed E-state index contributed by atoms with van der Waals surface area (Å²) in [5.41, 5.74) is 4.24. The third-order valence-corrected chi connectivity index (χ3v) is 6.21. The van der Waals surface area contributed by atoms with Gasteiger partial charge in [-0.2, -0.15) is 0 Å². The highest BCUT2D eigenvalue weighted by atomic mass is 35.5. The molecule has 1 aliphatic carbocycles. The Bertz CT molecular complexity index is 1090. The van der Waals surface area contributed by atoms with Crippen molar-refractivity contribution < 1.29 is 19.1 Å². The first kappa shape index (κ1) is 21.2. The van der Waals surface area contributed by atoms with Crippen LogP contribution in [0.4, 0.5) is 0 Å². The fourth-order valence-electron chi connectivity index (χ4n) is 4.47. The molecule has 0 radical (unpaired) electrons. The first-order chi connectivity index (χ1) is 15.0. The van der Waals surface area contributed by atoms with Crippen molar-refractivity contribution in [3.8, 4) is 0 Å². The Hall–Kier alpha value is -3.05. The van der Waals surface area contributed by atoms with Gasteiger partial charge in [-0.05, 0) is 42.5 Å². The van der Waals surface area contributed by atoms with Crippen molar-refractivity contribution in [2.75, 3.05) is 14.2 Å². The molecule has 6 heteroatoms. The van der Waals surface area contributed by atoms with Crippen LogP contribution >= 0.6 is 11.6 Å². The molecule has 1 unspecified atom stereocenters. The Labute approximate surface area is 186 Å². The van der Waals surface area contributed by atoms with Crippen LogP contribution in [-0.4, -0.2) is 26.2 Å². The monoisotopic (exact) mass is 437 g/mol. The second-order valence-electron chi connectivity index (χ2n) is 7.82. The van der Waals surface area contributed by atoms with E-state index in [-0.39, 0.29) is 5.92 Å². The minimum absolute atomic E-state index is 0.132. The van der Waals surface area contributed by atoms with Gasteiger partial charge in [0.2, 0.25) is 0 Å². The number of rotatable bonds is 5. The van der Waals surface area contributed by atoms with Crippen molar-refractivity contribution in [1.29, 1.82) is 0 Å². The molecule has 2 aliphatic rings. The van der Waals surface area contributed by atoms with Crippen molar-refractivity contribution in [3.05, 3.63) is 93.3 Å². The zero-order chi connectivity index (χ0) is 22.1. The number of hydrogen-bond acceptors (Lipinski definition) is 5. The largest absolute Gasteiger partial charge is 0.466 e. The molecule has 4 rings (SSSR count). The van der Waals surface area contributed by atoms with E-state index < -0.39 is 17.9 Å². The minimum Gasteiger partial charge on any atom is -0.466 e. The zero-order valence-corrected chi connectivity index (χ0v) is 18.4. The van der Waals surface area contributed by atoms with Crippen LogP contribution in [0.2, 0.25) is 5.02 Å². The summed E-state index contributed by atoms with van der Waals surface area (Å²) in [6.07, 6.45) is 0.913. The molecule has 1 fully saturated rings. The van der Waals surface area contributed by atoms with E-state index in [0.717, 1.165) is 17.7 Å². The Balaban J connectivity index is 1.86. The fraction of sp³-hybridized carbons (Fsp3) is 0.280. The van der Waals surface area contributed by atoms with Crippen LogP contribution in [0.5, 0.6) is 0 Å². The number of dihydropyridines is 1. The van der Waals surface area contributed by atoms with E-state index in [9.17, 15) is 9.59 Å². The summed E-state index contributed by atoms with van der Waals surface area (Å²) in [5, 5.41) is 3.87. The molecule has 160 valence electrons. The standard InChI is InChI=1S/C25H24ClNO4/c1-14-20(24(28)30-2)21(16-10-7-11-17(26)12-16)22(25(29)31-3)23(27-14)19-13-18(19)15-8-5-4-6-9-15/h4-12,18-19,21,27H,13H2,1-3H3/t18-,19-,21?/m1/s1. The van der Waals surface area contributed by atoms with E-state index in [4.69, 9.17) is 21.1 Å². The molecule has 0 aromatic heterocycles. The average Bonchev–Trinajstić information content (AvgIpc) is 3.59. The van der Waals surface area contributed by atoms with Gasteiger partial charge in [-0.25, -0.2) is 9.59 Å². The van der Waals surface area contributed by atoms with Crippen molar-refractivity contribution in [3.63, 3.8) is 0 Å². The predicted molar refractivity (Wildman–Crippen MR) is 118 cm³/mol. The summed E-state index contributed by atoms with van der Waals surface area (Å²) in [7, 11) is 2.69. The lowest BCUT2D eigenvalue weighted by atomic mass is 9.79. The Kier molecular flexibility index (Phi) is 5.88. The fourth-order valence-corrected chi connectivity index (χ4v) is 4.66. The van der Waals surface area contributed by atoms with E-state index in [1.54, 1.807) is 12.1 Å². The van der Waals surface area contributed by atoms with E-state index in [1.165, 1.54) is 19.8 Å². The number of hydrogen-bond donors (Lipinski definition) is 1. The molecule has 31 heavy (non-hydrogen) atoms. The van der Waals surface area contributed by atoms with Gasteiger partial charge in [-0.1, -0.05) is 54.1 Å². The average molecular weight is 438 g/mol. The molecule has 5 nitrogen and oxygen atoms in total. The minimum atomic E-state index is -0.633. The molecule has 2 aromatic carbocycles. The summed E-state index contributed by atoms with van der Waals surface area (Å²) in [6.45, 7) is 1.83. The number of allylic oxidation sites excluding steroid dienone is 2. The van der Waals surface area contributed by atoms with Crippen LogP contribution in [0.25, 0.3) is 0 Å². The second kappa shape index (κ2) is 8.60. The number of nitrogens with one attached hydrogen (secondary N) is 1. The van der Waals surface area contributed by atoms with Crippen LogP contribution < -0.4 is 5.32 Å². The highest BCUT2D eigenvalue weighted by molar-refractivity contribution is 6.30. The summed E-state index contributed by atoms with van der Waals surface area (Å²) in [4.78, 5) is 25.8. The van der Waals surface area contributed by atoms with Crippen LogP contribution in [0.3, 0.4) is 0 Å². The molecule has 0 spiro atoms. The predicted octanol–water partition coefficient (Wildman–Crippen LogP) is 4.70. The lowest BCUT2D eigenvalue weighted by molar-refractivity contribution is -0.137. The maximum Gasteiger partial charge on any atom is 0.336 e. The molecule has 1 heterocycles. The van der Waals surface area contributed by atoms with Crippen LogP contribution in [0, 0.1) is 5.92 Å². The Morgan fingerprint density at radius 1 is 0.903 bits per heavy atom. The molecule has 1 N–H and O–H groups in total. The first-order valence-corrected chi connectivity index (χ1v) is 10.5. The summed E-state index contributed by atoms with van der Waals surface area (Å²) < 4.78 is 10.2. The van der Waals surface area contributed by atoms with E-state index in [2.05, 4.69) is 17.4 Å². The highest BCUT2D eigenvalue weighted by Gasteiger charge is 2.48. The van der Waals surface area contributed by atoms with Gasteiger partial charge in [-0.3, -0.25) is 0 Å². The lowest BCUT2D eigenvalue weighted by Crippen LogP contribution is -2.33. The number of carbonyl (C=O) groups excluding carboxylic acids is 2. The number of methoxy groups -OCH3 is 2. The van der Waals surface area contributed by atoms with Gasteiger partial charge in [0.05, 0.1) is 31.3 Å². The maximum atomic E-state index is 13.1. The van der Waals surface area contributed by atoms with Gasteiger partial charge in [0.25, 0.3) is 0 Å². The van der Waals surface area contributed by atoms with E-state index in [1.807, 2.05) is 37.3 Å². The lowest BCUT2D eigenvalue weighted by Gasteiger charge is -2.31. The molecule has 1 aliphatic heterocycles. The highest BCUT2D eigenvalue weighted by Crippen LogP contribution is 2.54. The number of benzene rings is 2. The van der Waals surface area contributed by atoms with E-state index in [0.29, 0.717) is 27.8 Å². The number of ether oxygens (including phenoxy) is 2. The molecule has 2 aromatic rings. The van der Waals surface area contributed by atoms with Crippen molar-refractivity contribution in [1.82, 2.24) is 5.32 Å². The number of carbonyl (C=O) groups is 2. The normalized spacial score (nSPS) is 22.6. The SMILES string of the molecule is COC(=O)C1=C(C)NC([C@@H]2C[C@@H]2c2ccccc2)=C(C(=O)OC)C1c1cccc(Cl)c1. The topological polar surface area (TPSA) is 64.6 Å². The van der Waals surface area contributed by atoms with Gasteiger partial charge in [0.15, 0.2) is 0 Å². The smallest absolute Gasteiger partial charge is 0.336 e. The third kappa shape index (κ3) is 3.98.